The van der Waals surface area contributed by atoms with Crippen LogP contribution in [-0.4, -0.2) is 11.0 Å². The standard InChI is InChI=1S/C15H15ClN2O2/c1-10(11-6-3-2-4-7-11)20-13-9-5-8-12(16)14(13)15(17)18-19/h2-10,19H,1H3,(H2,17,18). The van der Waals surface area contributed by atoms with Crippen molar-refractivity contribution in [3.8, 4) is 5.75 Å². The van der Waals surface area contributed by atoms with Crippen molar-refractivity contribution in [1.82, 2.24) is 0 Å². The van der Waals surface area contributed by atoms with E-state index in [1.165, 1.54) is 0 Å². The summed E-state index contributed by atoms with van der Waals surface area (Å²) in [6.07, 6.45) is -0.181. The highest BCUT2D eigenvalue weighted by Crippen LogP contribution is 2.30. The topological polar surface area (TPSA) is 67.8 Å². The number of hydrogen-bond acceptors (Lipinski definition) is 3. The molecule has 0 amide bonds. The maximum absolute atomic E-state index is 8.84. The molecule has 0 spiro atoms. The van der Waals surface area contributed by atoms with Crippen LogP contribution >= 0.6 is 11.6 Å². The van der Waals surface area contributed by atoms with Gasteiger partial charge in [-0.05, 0) is 24.6 Å². The second-order valence-electron chi connectivity index (χ2n) is 4.27. The van der Waals surface area contributed by atoms with E-state index in [0.29, 0.717) is 16.3 Å². The van der Waals surface area contributed by atoms with Gasteiger partial charge in [0.15, 0.2) is 5.84 Å². The molecule has 0 aromatic heterocycles. The summed E-state index contributed by atoms with van der Waals surface area (Å²) < 4.78 is 5.88. The van der Waals surface area contributed by atoms with Gasteiger partial charge in [-0.15, -0.1) is 0 Å². The molecule has 0 aliphatic heterocycles. The Bertz CT molecular complexity index is 615. The van der Waals surface area contributed by atoms with E-state index in [0.717, 1.165) is 5.56 Å². The lowest BCUT2D eigenvalue weighted by Crippen LogP contribution is -2.16. The molecule has 0 bridgehead atoms. The fourth-order valence-electron chi connectivity index (χ4n) is 1.88. The summed E-state index contributed by atoms with van der Waals surface area (Å²) in [5.41, 5.74) is 7.06. The van der Waals surface area contributed by atoms with Crippen LogP contribution in [0.2, 0.25) is 5.02 Å². The Kier molecular flexibility index (Phi) is 4.48. The minimum Gasteiger partial charge on any atom is -0.485 e. The average Bonchev–Trinajstić information content (AvgIpc) is 2.47. The monoisotopic (exact) mass is 290 g/mol. The first-order chi connectivity index (χ1) is 9.63. The van der Waals surface area contributed by atoms with Crippen LogP contribution < -0.4 is 10.5 Å². The van der Waals surface area contributed by atoms with Gasteiger partial charge in [0.25, 0.3) is 0 Å². The van der Waals surface area contributed by atoms with Crippen LogP contribution in [0.3, 0.4) is 0 Å². The van der Waals surface area contributed by atoms with Crippen molar-refractivity contribution >= 4 is 17.4 Å². The molecule has 5 heteroatoms. The molecule has 2 aromatic rings. The van der Waals surface area contributed by atoms with Crippen molar-refractivity contribution in [2.75, 3.05) is 0 Å². The molecule has 2 rings (SSSR count). The smallest absolute Gasteiger partial charge is 0.175 e. The first kappa shape index (κ1) is 14.2. The quantitative estimate of drug-likeness (QED) is 0.391. The zero-order chi connectivity index (χ0) is 14.5. The minimum atomic E-state index is -0.181. The van der Waals surface area contributed by atoms with Gasteiger partial charge in [-0.1, -0.05) is 53.2 Å². The Balaban J connectivity index is 2.32. The molecule has 104 valence electrons. The van der Waals surface area contributed by atoms with Crippen molar-refractivity contribution in [2.24, 2.45) is 10.9 Å². The average molecular weight is 291 g/mol. The SMILES string of the molecule is CC(Oc1cccc(Cl)c1C(N)=NO)c1ccccc1. The van der Waals surface area contributed by atoms with Crippen LogP contribution in [0.15, 0.2) is 53.7 Å². The number of ether oxygens (including phenoxy) is 1. The molecule has 20 heavy (non-hydrogen) atoms. The van der Waals surface area contributed by atoms with E-state index in [2.05, 4.69) is 5.16 Å². The van der Waals surface area contributed by atoms with Crippen LogP contribution in [0.4, 0.5) is 0 Å². The molecule has 0 saturated heterocycles. The molecule has 4 nitrogen and oxygen atoms in total. The molecular weight excluding hydrogens is 276 g/mol. The van der Waals surface area contributed by atoms with E-state index >= 15 is 0 Å². The second-order valence-corrected chi connectivity index (χ2v) is 4.68. The van der Waals surface area contributed by atoms with Gasteiger partial charge in [0.05, 0.1) is 10.6 Å². The summed E-state index contributed by atoms with van der Waals surface area (Å²) in [7, 11) is 0. The van der Waals surface area contributed by atoms with E-state index < -0.39 is 0 Å². The van der Waals surface area contributed by atoms with Crippen LogP contribution in [0.25, 0.3) is 0 Å². The number of amidine groups is 1. The Labute approximate surface area is 122 Å². The molecule has 3 N–H and O–H groups in total. The Hall–Kier alpha value is -2.20. The molecule has 0 heterocycles. The maximum Gasteiger partial charge on any atom is 0.175 e. The van der Waals surface area contributed by atoms with Gasteiger partial charge in [0.2, 0.25) is 0 Å². The van der Waals surface area contributed by atoms with Crippen molar-refractivity contribution in [1.29, 1.82) is 0 Å². The second kappa shape index (κ2) is 6.30. The van der Waals surface area contributed by atoms with Gasteiger partial charge in [-0.2, -0.15) is 0 Å². The van der Waals surface area contributed by atoms with Crippen LogP contribution in [0.5, 0.6) is 5.75 Å². The largest absolute Gasteiger partial charge is 0.485 e. The Morgan fingerprint density at radius 1 is 1.20 bits per heavy atom. The number of oxime groups is 1. The summed E-state index contributed by atoms with van der Waals surface area (Å²) in [4.78, 5) is 0. The number of nitrogens with two attached hydrogens (primary N) is 1. The van der Waals surface area contributed by atoms with Crippen molar-refractivity contribution < 1.29 is 9.94 Å². The van der Waals surface area contributed by atoms with Gasteiger partial charge in [-0.25, -0.2) is 0 Å². The number of nitrogens with zero attached hydrogens (tertiary/aromatic N) is 1. The van der Waals surface area contributed by atoms with Gasteiger partial charge in [0, 0.05) is 0 Å². The zero-order valence-corrected chi connectivity index (χ0v) is 11.7. The number of rotatable bonds is 4. The fraction of sp³-hybridized carbons (Fsp3) is 0.133. The Morgan fingerprint density at radius 2 is 1.90 bits per heavy atom. The number of benzene rings is 2. The first-order valence-corrected chi connectivity index (χ1v) is 6.49. The van der Waals surface area contributed by atoms with Gasteiger partial charge < -0.3 is 15.7 Å². The van der Waals surface area contributed by atoms with Gasteiger partial charge >= 0.3 is 0 Å². The summed E-state index contributed by atoms with van der Waals surface area (Å²) in [6, 6.07) is 14.9. The molecule has 1 atom stereocenters. The van der Waals surface area contributed by atoms with E-state index in [9.17, 15) is 0 Å². The first-order valence-electron chi connectivity index (χ1n) is 6.11. The van der Waals surface area contributed by atoms with Crippen LogP contribution in [-0.2, 0) is 0 Å². The summed E-state index contributed by atoms with van der Waals surface area (Å²) in [5, 5.41) is 12.2. The minimum absolute atomic E-state index is 0.0779. The molecule has 0 saturated carbocycles. The third kappa shape index (κ3) is 3.03. The third-order valence-electron chi connectivity index (χ3n) is 2.91. The maximum atomic E-state index is 8.84. The fourth-order valence-corrected chi connectivity index (χ4v) is 2.15. The molecule has 0 radical (unpaired) electrons. The normalized spacial score (nSPS) is 13.0. The molecule has 0 aliphatic carbocycles. The van der Waals surface area contributed by atoms with Crippen molar-refractivity contribution in [2.45, 2.75) is 13.0 Å². The van der Waals surface area contributed by atoms with Gasteiger partial charge in [0.1, 0.15) is 11.9 Å². The highest BCUT2D eigenvalue weighted by atomic mass is 35.5. The lowest BCUT2D eigenvalue weighted by Gasteiger charge is -2.18. The van der Waals surface area contributed by atoms with Crippen LogP contribution in [0.1, 0.15) is 24.2 Å². The lowest BCUT2D eigenvalue weighted by molar-refractivity contribution is 0.226. The molecule has 0 fully saturated rings. The summed E-state index contributed by atoms with van der Waals surface area (Å²) in [5.74, 6) is 0.398. The highest BCUT2D eigenvalue weighted by Gasteiger charge is 2.15. The number of hydrogen-bond donors (Lipinski definition) is 2. The molecule has 1 unspecified atom stereocenters. The predicted molar refractivity (Wildman–Crippen MR) is 79.4 cm³/mol. The van der Waals surface area contributed by atoms with Gasteiger partial charge in [-0.3, -0.25) is 0 Å². The highest BCUT2D eigenvalue weighted by molar-refractivity contribution is 6.34. The molecule has 2 aromatic carbocycles. The number of halogens is 1. The van der Waals surface area contributed by atoms with E-state index in [-0.39, 0.29) is 11.9 Å². The molecular formula is C15H15ClN2O2. The predicted octanol–water partition coefficient (Wildman–Crippen LogP) is 3.57. The van der Waals surface area contributed by atoms with Crippen LogP contribution in [0, 0.1) is 0 Å². The zero-order valence-electron chi connectivity index (χ0n) is 11.0. The summed E-state index contributed by atoms with van der Waals surface area (Å²) >= 11 is 6.08. The molecule has 0 aliphatic rings. The van der Waals surface area contributed by atoms with E-state index in [1.54, 1.807) is 18.2 Å². The van der Waals surface area contributed by atoms with E-state index in [1.807, 2.05) is 37.3 Å². The van der Waals surface area contributed by atoms with E-state index in [4.69, 9.17) is 27.3 Å². The third-order valence-corrected chi connectivity index (χ3v) is 3.23. The lowest BCUT2D eigenvalue weighted by atomic mass is 10.1. The Morgan fingerprint density at radius 3 is 2.55 bits per heavy atom. The summed E-state index contributed by atoms with van der Waals surface area (Å²) in [6.45, 7) is 1.92. The van der Waals surface area contributed by atoms with Crippen molar-refractivity contribution in [3.63, 3.8) is 0 Å². The van der Waals surface area contributed by atoms with Crippen molar-refractivity contribution in [3.05, 3.63) is 64.7 Å².